The van der Waals surface area contributed by atoms with Gasteiger partial charge in [0.15, 0.2) is 0 Å². The highest BCUT2D eigenvalue weighted by molar-refractivity contribution is 5.97. The minimum atomic E-state index is -0.371. The Labute approximate surface area is 171 Å². The number of rotatable bonds is 14. The van der Waals surface area contributed by atoms with Gasteiger partial charge in [-0.2, -0.15) is 0 Å². The van der Waals surface area contributed by atoms with Crippen LogP contribution < -0.4 is 0 Å². The first-order valence-corrected chi connectivity index (χ1v) is 10.9. The van der Waals surface area contributed by atoms with E-state index in [2.05, 4.69) is 23.5 Å². The summed E-state index contributed by atoms with van der Waals surface area (Å²) in [5.74, 6) is 5.29. The van der Waals surface area contributed by atoms with Crippen molar-refractivity contribution < 1.29 is 14.3 Å². The van der Waals surface area contributed by atoms with Gasteiger partial charge in [0.05, 0.1) is 12.7 Å². The van der Waals surface area contributed by atoms with Gasteiger partial charge < -0.3 is 4.74 Å². The Morgan fingerprint density at radius 2 is 1.36 bits per heavy atom. The molecule has 0 aliphatic carbocycles. The van der Waals surface area contributed by atoms with Crippen LogP contribution in [-0.2, 0) is 16.0 Å². The standard InChI is InChI=1S/C25H36O3/c1-3-4-5-6-7-8-9-10-11-12-13-14-15-16-24(26)21-22-17-19-23(20-18-22)25(27)28-2/h17-20H,3-14,21H2,1-2H3. The summed E-state index contributed by atoms with van der Waals surface area (Å²) >= 11 is 0. The number of carbonyl (C=O) groups excluding carboxylic acids is 2. The number of carbonyl (C=O) groups is 2. The molecule has 1 aromatic carbocycles. The van der Waals surface area contributed by atoms with E-state index in [0.717, 1.165) is 18.4 Å². The predicted octanol–water partition coefficient (Wildman–Crippen LogP) is 6.29. The van der Waals surface area contributed by atoms with Crippen LogP contribution in [-0.4, -0.2) is 18.9 Å². The van der Waals surface area contributed by atoms with Crippen LogP contribution in [0, 0.1) is 11.8 Å². The van der Waals surface area contributed by atoms with Crippen molar-refractivity contribution in [1.82, 2.24) is 0 Å². The summed E-state index contributed by atoms with van der Waals surface area (Å²) in [5.41, 5.74) is 1.35. The van der Waals surface area contributed by atoms with Gasteiger partial charge in [-0.1, -0.05) is 89.2 Å². The fourth-order valence-electron chi connectivity index (χ4n) is 3.14. The Kier molecular flexibility index (Phi) is 13.6. The lowest BCUT2D eigenvalue weighted by Gasteiger charge is -2.01. The van der Waals surface area contributed by atoms with Crippen LogP contribution >= 0.6 is 0 Å². The number of ether oxygens (including phenoxy) is 1. The van der Waals surface area contributed by atoms with E-state index in [1.54, 1.807) is 24.3 Å². The fraction of sp³-hybridized carbons (Fsp3) is 0.600. The number of hydrogen-bond donors (Lipinski definition) is 0. The zero-order valence-corrected chi connectivity index (χ0v) is 17.7. The van der Waals surface area contributed by atoms with Crippen LogP contribution in [0.1, 0.15) is 99.9 Å². The molecule has 0 aromatic heterocycles. The molecule has 0 saturated heterocycles. The number of hydrogen-bond acceptors (Lipinski definition) is 3. The molecule has 0 saturated carbocycles. The van der Waals surface area contributed by atoms with Crippen LogP contribution in [0.3, 0.4) is 0 Å². The number of ketones is 1. The van der Waals surface area contributed by atoms with Gasteiger partial charge in [-0.15, -0.1) is 0 Å². The van der Waals surface area contributed by atoms with Crippen molar-refractivity contribution in [2.24, 2.45) is 0 Å². The molecular weight excluding hydrogens is 348 g/mol. The number of methoxy groups -OCH3 is 1. The summed E-state index contributed by atoms with van der Waals surface area (Å²) in [4.78, 5) is 23.3. The van der Waals surface area contributed by atoms with Crippen molar-refractivity contribution >= 4 is 11.8 Å². The highest BCUT2D eigenvalue weighted by Crippen LogP contribution is 2.12. The molecule has 0 fully saturated rings. The Hall–Kier alpha value is -2.08. The summed E-state index contributed by atoms with van der Waals surface area (Å²) in [6, 6.07) is 6.89. The van der Waals surface area contributed by atoms with E-state index in [0.29, 0.717) is 5.56 Å². The lowest BCUT2D eigenvalue weighted by Crippen LogP contribution is -2.03. The van der Waals surface area contributed by atoms with Crippen molar-refractivity contribution in [2.75, 3.05) is 7.11 Å². The maximum absolute atomic E-state index is 11.9. The number of Topliss-reactive ketones (excluding diaryl/α,β-unsaturated/α-hetero) is 1. The SMILES string of the molecule is CCCCCCCCCCCCCC#CC(=O)Cc1ccc(C(=O)OC)cc1. The van der Waals surface area contributed by atoms with Gasteiger partial charge in [0, 0.05) is 12.8 Å². The van der Waals surface area contributed by atoms with Gasteiger partial charge in [0.2, 0.25) is 5.78 Å². The lowest BCUT2D eigenvalue weighted by molar-refractivity contribution is -0.113. The molecule has 0 N–H and O–H groups in total. The van der Waals surface area contributed by atoms with Gasteiger partial charge in [0.25, 0.3) is 0 Å². The van der Waals surface area contributed by atoms with E-state index in [9.17, 15) is 9.59 Å². The van der Waals surface area contributed by atoms with Crippen molar-refractivity contribution in [3.63, 3.8) is 0 Å². The van der Waals surface area contributed by atoms with Crippen molar-refractivity contribution in [3.05, 3.63) is 35.4 Å². The Morgan fingerprint density at radius 1 is 0.821 bits per heavy atom. The van der Waals surface area contributed by atoms with Gasteiger partial charge in [0.1, 0.15) is 0 Å². The molecule has 28 heavy (non-hydrogen) atoms. The molecule has 3 heteroatoms. The smallest absolute Gasteiger partial charge is 0.337 e. The number of benzene rings is 1. The number of esters is 1. The molecule has 0 unspecified atom stereocenters. The largest absolute Gasteiger partial charge is 0.465 e. The summed E-state index contributed by atoms with van der Waals surface area (Å²) in [7, 11) is 1.35. The highest BCUT2D eigenvalue weighted by Gasteiger charge is 2.05. The third-order valence-electron chi connectivity index (χ3n) is 4.87. The minimum absolute atomic E-state index is 0.0751. The Balaban J connectivity index is 2.06. The van der Waals surface area contributed by atoms with Crippen LogP contribution in [0.15, 0.2) is 24.3 Å². The summed E-state index contributed by atoms with van der Waals surface area (Å²) in [6.07, 6.45) is 15.6. The molecule has 0 spiro atoms. The van der Waals surface area contributed by atoms with Gasteiger partial charge >= 0.3 is 5.97 Å². The van der Waals surface area contributed by atoms with E-state index >= 15 is 0 Å². The molecule has 1 rings (SSSR count). The summed E-state index contributed by atoms with van der Waals surface area (Å²) < 4.78 is 4.66. The Bertz CT molecular complexity index is 619. The number of unbranched alkanes of at least 4 members (excludes halogenated alkanes) is 11. The highest BCUT2D eigenvalue weighted by atomic mass is 16.5. The second-order valence-corrected chi connectivity index (χ2v) is 7.38. The predicted molar refractivity (Wildman–Crippen MR) is 115 cm³/mol. The average Bonchev–Trinajstić information content (AvgIpc) is 2.71. The zero-order valence-electron chi connectivity index (χ0n) is 17.7. The van der Waals surface area contributed by atoms with Gasteiger partial charge in [-0.25, -0.2) is 4.79 Å². The van der Waals surface area contributed by atoms with E-state index < -0.39 is 0 Å². The minimum Gasteiger partial charge on any atom is -0.465 e. The first kappa shape index (κ1) is 24.0. The molecule has 0 atom stereocenters. The van der Waals surface area contributed by atoms with E-state index in [1.807, 2.05) is 0 Å². The first-order valence-electron chi connectivity index (χ1n) is 10.9. The Morgan fingerprint density at radius 3 is 1.89 bits per heavy atom. The molecule has 0 amide bonds. The maximum Gasteiger partial charge on any atom is 0.337 e. The first-order chi connectivity index (χ1) is 13.7. The molecule has 0 aliphatic rings. The maximum atomic E-state index is 11.9. The molecule has 0 bridgehead atoms. The summed E-state index contributed by atoms with van der Waals surface area (Å²) in [6.45, 7) is 2.26. The second-order valence-electron chi connectivity index (χ2n) is 7.38. The second kappa shape index (κ2) is 15.9. The van der Waals surface area contributed by atoms with Crippen LogP contribution in [0.4, 0.5) is 0 Å². The molecular formula is C25H36O3. The van der Waals surface area contributed by atoms with Crippen molar-refractivity contribution in [3.8, 4) is 11.8 Å². The molecule has 154 valence electrons. The molecule has 3 nitrogen and oxygen atoms in total. The van der Waals surface area contributed by atoms with Crippen LogP contribution in [0.25, 0.3) is 0 Å². The van der Waals surface area contributed by atoms with E-state index in [4.69, 9.17) is 0 Å². The molecule has 0 radical (unpaired) electrons. The van der Waals surface area contributed by atoms with Crippen molar-refractivity contribution in [2.45, 2.75) is 90.4 Å². The molecule has 0 aliphatic heterocycles. The van der Waals surface area contributed by atoms with Crippen molar-refractivity contribution in [1.29, 1.82) is 0 Å². The van der Waals surface area contributed by atoms with Gasteiger partial charge in [-0.05, 0) is 30.0 Å². The summed E-state index contributed by atoms with van der Waals surface area (Å²) in [5, 5.41) is 0. The topological polar surface area (TPSA) is 43.4 Å². The molecule has 0 heterocycles. The fourth-order valence-corrected chi connectivity index (χ4v) is 3.14. The third-order valence-corrected chi connectivity index (χ3v) is 4.87. The zero-order chi connectivity index (χ0) is 20.5. The van der Waals surface area contributed by atoms with Crippen LogP contribution in [0.5, 0.6) is 0 Å². The van der Waals surface area contributed by atoms with E-state index in [1.165, 1.54) is 71.3 Å². The monoisotopic (exact) mass is 384 g/mol. The average molecular weight is 385 g/mol. The lowest BCUT2D eigenvalue weighted by atomic mass is 10.0. The van der Waals surface area contributed by atoms with Gasteiger partial charge in [-0.3, -0.25) is 4.79 Å². The molecule has 1 aromatic rings. The van der Waals surface area contributed by atoms with Crippen LogP contribution in [0.2, 0.25) is 0 Å². The quantitative estimate of drug-likeness (QED) is 0.164. The normalized spacial score (nSPS) is 10.2. The van der Waals surface area contributed by atoms with E-state index in [-0.39, 0.29) is 18.2 Å². The third kappa shape index (κ3) is 11.6.